The van der Waals surface area contributed by atoms with Gasteiger partial charge in [-0.2, -0.15) is 0 Å². The van der Waals surface area contributed by atoms with Crippen molar-refractivity contribution in [2.24, 2.45) is 0 Å². The third kappa shape index (κ3) is 87.8. The summed E-state index contributed by atoms with van der Waals surface area (Å²) < 4.78 is 0. The van der Waals surface area contributed by atoms with Gasteiger partial charge < -0.3 is 5.32 Å². The molecule has 0 amide bonds. The van der Waals surface area contributed by atoms with Crippen LogP contribution < -0.4 is 5.32 Å². The van der Waals surface area contributed by atoms with E-state index >= 15 is 0 Å². The monoisotopic (exact) mass is 153 g/mol. The molecule has 0 spiro atoms. The van der Waals surface area contributed by atoms with Gasteiger partial charge in [0.05, 0.1) is 0 Å². The quantitative estimate of drug-likeness (QED) is 0.588. The topological polar surface area (TPSA) is 12.0 Å². The predicted molar refractivity (Wildman–Crippen MR) is 34.2 cm³/mol. The van der Waals surface area contributed by atoms with Crippen LogP contribution >= 0.6 is 0 Å². The molecule has 0 aromatic carbocycles. The Labute approximate surface area is 52.3 Å². The Morgan fingerprint density at radius 1 is 0.778 bits per heavy atom. The first kappa shape index (κ1) is 37.8. The second-order valence-electron chi connectivity index (χ2n) is 0.957. The molecular weight excluding hydrogens is 138 g/mol. The lowest BCUT2D eigenvalue weighted by atomic mass is 10.7. The smallest absolute Gasteiger partial charge is 0.00775 e. The van der Waals surface area contributed by atoms with Crippen molar-refractivity contribution in [2.45, 2.75) is 13.8 Å². The van der Waals surface area contributed by atoms with Crippen LogP contribution in [0.4, 0.5) is 18.8 Å². The van der Waals surface area contributed by atoms with Gasteiger partial charge in [0.25, 0.3) is 0 Å². The molecule has 64 valence electrons. The van der Waals surface area contributed by atoms with Gasteiger partial charge in [0.15, 0.2) is 0 Å². The summed E-state index contributed by atoms with van der Waals surface area (Å²) in [5.41, 5.74) is 0. The van der Waals surface area contributed by atoms with Crippen LogP contribution in [-0.4, -0.2) is 13.1 Å². The zero-order valence-electron chi connectivity index (χ0n) is 5.55. The number of hydrogen-bond donors (Lipinski definition) is 1. The predicted octanol–water partition coefficient (Wildman–Crippen LogP) is 1.23. The summed E-state index contributed by atoms with van der Waals surface area (Å²) in [5.74, 6) is 0. The van der Waals surface area contributed by atoms with Gasteiger partial charge in [0, 0.05) is 0 Å². The van der Waals surface area contributed by atoms with Crippen molar-refractivity contribution in [1.82, 2.24) is 5.32 Å². The second-order valence-corrected chi connectivity index (χ2v) is 0.957. The molecule has 0 atom stereocenters. The van der Waals surface area contributed by atoms with Gasteiger partial charge in [-0.25, -0.2) is 0 Å². The third-order valence-corrected chi connectivity index (χ3v) is 0.500. The number of nitrogens with one attached hydrogen (secondary N) is 1. The Kier molecular flexibility index (Phi) is 200. The van der Waals surface area contributed by atoms with E-state index in [1.165, 1.54) is 0 Å². The average molecular weight is 153 g/mol. The highest BCUT2D eigenvalue weighted by Crippen LogP contribution is 1.47. The van der Waals surface area contributed by atoms with E-state index < -0.39 is 0 Å². The van der Waals surface area contributed by atoms with Gasteiger partial charge in [0.1, 0.15) is 0 Å². The standard InChI is InChI=1S/C4H11N.4FH/c1-3-5-4-2;;;;/h5H,3-4H2,1-2H3;4*1H. The summed E-state index contributed by atoms with van der Waals surface area (Å²) >= 11 is 0. The lowest BCUT2D eigenvalue weighted by molar-refractivity contribution is 0.762. The first-order valence-electron chi connectivity index (χ1n) is 2.12. The highest BCUT2D eigenvalue weighted by atomic mass is 19.0. The van der Waals surface area contributed by atoms with E-state index in [9.17, 15) is 0 Å². The van der Waals surface area contributed by atoms with E-state index in [-0.39, 0.29) is 18.8 Å². The van der Waals surface area contributed by atoms with Crippen LogP contribution in [0.15, 0.2) is 0 Å². The van der Waals surface area contributed by atoms with Gasteiger partial charge in [0.2, 0.25) is 0 Å². The van der Waals surface area contributed by atoms with Crippen molar-refractivity contribution in [2.75, 3.05) is 13.1 Å². The van der Waals surface area contributed by atoms with Crippen LogP contribution in [0.25, 0.3) is 0 Å². The van der Waals surface area contributed by atoms with Gasteiger partial charge in [-0.05, 0) is 13.1 Å². The molecule has 5 heteroatoms. The minimum absolute atomic E-state index is 0. The summed E-state index contributed by atoms with van der Waals surface area (Å²) in [5, 5.41) is 3.11. The maximum Gasteiger partial charge on any atom is -0.00775 e. The first-order valence-corrected chi connectivity index (χ1v) is 2.12. The summed E-state index contributed by atoms with van der Waals surface area (Å²) in [7, 11) is 0. The Balaban J connectivity index is -0.0000000133. The largest absolute Gasteiger partial charge is 0.317 e. The fraction of sp³-hybridized carbons (Fsp3) is 1.00. The fourth-order valence-corrected chi connectivity index (χ4v) is 0.250. The molecule has 1 N–H and O–H groups in total. The molecule has 0 aromatic heterocycles. The van der Waals surface area contributed by atoms with Crippen LogP contribution in [-0.2, 0) is 0 Å². The molecule has 0 rings (SSSR count). The van der Waals surface area contributed by atoms with Crippen LogP contribution in [0, 0.1) is 0 Å². The van der Waals surface area contributed by atoms with Gasteiger partial charge >= 0.3 is 0 Å². The molecular formula is C4H15F4N. The van der Waals surface area contributed by atoms with E-state index in [0.717, 1.165) is 13.1 Å². The molecule has 0 heterocycles. The van der Waals surface area contributed by atoms with Crippen molar-refractivity contribution in [3.8, 4) is 0 Å². The molecule has 0 fully saturated rings. The molecule has 0 unspecified atom stereocenters. The molecule has 1 nitrogen and oxygen atoms in total. The summed E-state index contributed by atoms with van der Waals surface area (Å²) in [6, 6.07) is 0. The lowest BCUT2D eigenvalue weighted by Crippen LogP contribution is -2.09. The maximum absolute atomic E-state index is 3.11. The van der Waals surface area contributed by atoms with Crippen molar-refractivity contribution < 1.29 is 18.8 Å². The van der Waals surface area contributed by atoms with Crippen LogP contribution in [0.3, 0.4) is 0 Å². The molecule has 9 heavy (non-hydrogen) atoms. The number of hydrogen-bond acceptors (Lipinski definition) is 1. The van der Waals surface area contributed by atoms with Crippen LogP contribution in [0.5, 0.6) is 0 Å². The SMILES string of the molecule is CCNCC.F.F.F.F. The Bertz CT molecular complexity index is 20.0. The molecule has 0 aliphatic heterocycles. The van der Waals surface area contributed by atoms with E-state index in [1.807, 2.05) is 0 Å². The molecule has 0 saturated carbocycles. The lowest BCUT2D eigenvalue weighted by Gasteiger charge is -1.86. The molecule has 0 saturated heterocycles. The highest BCUT2D eigenvalue weighted by Gasteiger charge is 1.62. The Hall–Kier alpha value is -0.320. The number of halogens is 4. The van der Waals surface area contributed by atoms with Gasteiger partial charge in [-0.15, -0.1) is 0 Å². The van der Waals surface area contributed by atoms with Crippen LogP contribution in [0.2, 0.25) is 0 Å². The van der Waals surface area contributed by atoms with E-state index in [0.29, 0.717) is 0 Å². The Morgan fingerprint density at radius 3 is 1.00 bits per heavy atom. The van der Waals surface area contributed by atoms with Crippen molar-refractivity contribution in [1.29, 1.82) is 0 Å². The minimum atomic E-state index is 0. The second kappa shape index (κ2) is 47.7. The van der Waals surface area contributed by atoms with E-state index in [1.54, 1.807) is 0 Å². The molecule has 0 bridgehead atoms. The highest BCUT2D eigenvalue weighted by molar-refractivity contribution is 4.27. The first-order chi connectivity index (χ1) is 2.41. The molecule has 0 aliphatic rings. The summed E-state index contributed by atoms with van der Waals surface area (Å²) in [6.45, 7) is 6.39. The maximum atomic E-state index is 3.11. The molecule has 0 aromatic rings. The van der Waals surface area contributed by atoms with Crippen molar-refractivity contribution in [3.05, 3.63) is 0 Å². The van der Waals surface area contributed by atoms with Crippen molar-refractivity contribution >= 4 is 0 Å². The fourth-order valence-electron chi connectivity index (χ4n) is 0.250. The Morgan fingerprint density at radius 2 is 1.00 bits per heavy atom. The van der Waals surface area contributed by atoms with Crippen molar-refractivity contribution in [3.63, 3.8) is 0 Å². The van der Waals surface area contributed by atoms with Gasteiger partial charge in [-0.1, -0.05) is 13.8 Å². The zero-order valence-corrected chi connectivity index (χ0v) is 5.55. The van der Waals surface area contributed by atoms with E-state index in [4.69, 9.17) is 0 Å². The third-order valence-electron chi connectivity index (χ3n) is 0.500. The molecule has 0 radical (unpaired) electrons. The van der Waals surface area contributed by atoms with Crippen LogP contribution in [0.1, 0.15) is 13.8 Å². The normalized spacial score (nSPS) is 4.67. The van der Waals surface area contributed by atoms with Gasteiger partial charge in [-0.3, -0.25) is 18.8 Å². The molecule has 0 aliphatic carbocycles. The van der Waals surface area contributed by atoms with E-state index in [2.05, 4.69) is 19.2 Å². The number of rotatable bonds is 2. The average Bonchev–Trinajstić information content (AvgIpc) is 1.41. The zero-order chi connectivity index (χ0) is 4.12. The minimum Gasteiger partial charge on any atom is -0.317 e. The summed E-state index contributed by atoms with van der Waals surface area (Å²) in [4.78, 5) is 0. The summed E-state index contributed by atoms with van der Waals surface area (Å²) in [6.07, 6.45) is 0.